The monoisotopic (exact) mass is 458 g/mol. The summed E-state index contributed by atoms with van der Waals surface area (Å²) in [7, 11) is -1.94. The van der Waals surface area contributed by atoms with Crippen molar-refractivity contribution in [2.75, 3.05) is 12.4 Å². The van der Waals surface area contributed by atoms with Crippen LogP contribution in [0.4, 0.5) is 5.13 Å². The zero-order valence-corrected chi connectivity index (χ0v) is 18.4. The van der Waals surface area contributed by atoms with E-state index in [0.717, 1.165) is 5.56 Å². The van der Waals surface area contributed by atoms with E-state index in [9.17, 15) is 18.0 Å². The molecule has 1 heterocycles. The van der Waals surface area contributed by atoms with E-state index in [4.69, 9.17) is 0 Å². The Morgan fingerprint density at radius 1 is 1.00 bits per heavy atom. The van der Waals surface area contributed by atoms with Crippen molar-refractivity contribution in [2.45, 2.75) is 18.7 Å². The van der Waals surface area contributed by atoms with E-state index >= 15 is 0 Å². The number of nitrogens with zero attached hydrogens (tertiary/aromatic N) is 1. The highest BCUT2D eigenvalue weighted by molar-refractivity contribution is 7.88. The molecule has 0 aliphatic rings. The van der Waals surface area contributed by atoms with Gasteiger partial charge in [0, 0.05) is 17.5 Å². The van der Waals surface area contributed by atoms with Crippen LogP contribution in [-0.4, -0.2) is 32.3 Å². The van der Waals surface area contributed by atoms with E-state index in [2.05, 4.69) is 20.3 Å². The molecule has 0 saturated heterocycles. The van der Waals surface area contributed by atoms with E-state index in [1.807, 2.05) is 6.07 Å². The van der Waals surface area contributed by atoms with Gasteiger partial charge in [0.25, 0.3) is 5.91 Å². The average molecular weight is 459 g/mol. The van der Waals surface area contributed by atoms with Crippen LogP contribution in [-0.2, 0) is 33.5 Å². The molecule has 1 aromatic heterocycles. The van der Waals surface area contributed by atoms with Crippen molar-refractivity contribution < 1.29 is 18.0 Å². The summed E-state index contributed by atoms with van der Waals surface area (Å²) in [6.45, 7) is 0.319. The smallest absolute Gasteiger partial charge is 0.257 e. The minimum atomic E-state index is -3.32. The molecule has 0 aliphatic carbocycles. The van der Waals surface area contributed by atoms with Crippen LogP contribution in [0.15, 0.2) is 60.0 Å². The molecule has 10 heteroatoms. The van der Waals surface area contributed by atoms with Gasteiger partial charge in [0.1, 0.15) is 0 Å². The standard InChI is InChI=1S/C21H22N4O4S2/c1-22-31(28,29)14-16-9-7-15(8-10-16)12-23-19(26)11-18-13-30-21(24-18)25-20(27)17-5-3-2-4-6-17/h2-10,13,22H,11-12,14H2,1H3,(H,23,26)(H,24,25,27). The van der Waals surface area contributed by atoms with Crippen molar-refractivity contribution in [3.05, 3.63) is 82.4 Å². The summed E-state index contributed by atoms with van der Waals surface area (Å²) in [5.74, 6) is -0.548. The van der Waals surface area contributed by atoms with E-state index in [-0.39, 0.29) is 24.0 Å². The Hall–Kier alpha value is -3.08. The molecule has 3 aromatic rings. The lowest BCUT2D eigenvalue weighted by Gasteiger charge is -2.06. The summed E-state index contributed by atoms with van der Waals surface area (Å²) < 4.78 is 25.4. The van der Waals surface area contributed by atoms with Crippen LogP contribution < -0.4 is 15.4 Å². The minimum absolute atomic E-state index is 0.0935. The van der Waals surface area contributed by atoms with Gasteiger partial charge in [0.2, 0.25) is 15.9 Å². The fraction of sp³-hybridized carbons (Fsp3) is 0.190. The number of carbonyl (C=O) groups is 2. The quantitative estimate of drug-likeness (QED) is 0.455. The number of anilines is 1. The zero-order chi connectivity index (χ0) is 22.3. The van der Waals surface area contributed by atoms with E-state index in [0.29, 0.717) is 28.5 Å². The summed E-state index contributed by atoms with van der Waals surface area (Å²) in [6, 6.07) is 15.8. The fourth-order valence-electron chi connectivity index (χ4n) is 2.68. The van der Waals surface area contributed by atoms with Gasteiger partial charge in [-0.1, -0.05) is 42.5 Å². The van der Waals surface area contributed by atoms with Crippen LogP contribution in [0.1, 0.15) is 27.2 Å². The van der Waals surface area contributed by atoms with Crippen molar-refractivity contribution in [2.24, 2.45) is 0 Å². The maximum Gasteiger partial charge on any atom is 0.257 e. The van der Waals surface area contributed by atoms with Crippen molar-refractivity contribution in [3.63, 3.8) is 0 Å². The molecule has 2 amide bonds. The summed E-state index contributed by atoms with van der Waals surface area (Å²) in [5.41, 5.74) is 2.62. The van der Waals surface area contributed by atoms with Gasteiger partial charge in [0.05, 0.1) is 17.9 Å². The fourth-order valence-corrected chi connectivity index (χ4v) is 4.16. The van der Waals surface area contributed by atoms with Crippen LogP contribution in [0.2, 0.25) is 0 Å². The van der Waals surface area contributed by atoms with Crippen molar-refractivity contribution >= 4 is 38.3 Å². The lowest BCUT2D eigenvalue weighted by Crippen LogP contribution is -2.24. The number of nitrogens with one attached hydrogen (secondary N) is 3. The Kier molecular flexibility index (Phi) is 7.50. The molecule has 31 heavy (non-hydrogen) atoms. The zero-order valence-electron chi connectivity index (χ0n) is 16.8. The number of thiazole rings is 1. The molecule has 162 valence electrons. The molecular formula is C21H22N4O4S2. The van der Waals surface area contributed by atoms with E-state index < -0.39 is 10.0 Å². The maximum atomic E-state index is 12.2. The number of hydrogen-bond donors (Lipinski definition) is 3. The Labute approximate surface area is 184 Å². The number of rotatable bonds is 9. The van der Waals surface area contributed by atoms with Crippen LogP contribution in [0.5, 0.6) is 0 Å². The first-order chi connectivity index (χ1) is 14.8. The van der Waals surface area contributed by atoms with Crippen molar-refractivity contribution in [1.29, 1.82) is 0 Å². The van der Waals surface area contributed by atoms with Gasteiger partial charge < -0.3 is 5.32 Å². The van der Waals surface area contributed by atoms with Gasteiger partial charge in [-0.15, -0.1) is 11.3 Å². The first kappa shape index (κ1) is 22.6. The van der Waals surface area contributed by atoms with Crippen LogP contribution >= 0.6 is 11.3 Å². The molecule has 8 nitrogen and oxygen atoms in total. The second-order valence-corrected chi connectivity index (χ2v) is 9.48. The van der Waals surface area contributed by atoms with Crippen molar-refractivity contribution in [3.8, 4) is 0 Å². The largest absolute Gasteiger partial charge is 0.352 e. The molecule has 0 bridgehead atoms. The third-order valence-electron chi connectivity index (χ3n) is 4.33. The molecule has 0 saturated carbocycles. The molecule has 3 N–H and O–H groups in total. The lowest BCUT2D eigenvalue weighted by molar-refractivity contribution is -0.120. The highest BCUT2D eigenvalue weighted by Crippen LogP contribution is 2.17. The summed E-state index contributed by atoms with van der Waals surface area (Å²) in [4.78, 5) is 28.7. The highest BCUT2D eigenvalue weighted by atomic mass is 32.2. The molecular weight excluding hydrogens is 436 g/mol. The van der Waals surface area contributed by atoms with Gasteiger partial charge in [0.15, 0.2) is 5.13 Å². The Morgan fingerprint density at radius 3 is 2.35 bits per heavy atom. The predicted molar refractivity (Wildman–Crippen MR) is 120 cm³/mol. The average Bonchev–Trinajstić information content (AvgIpc) is 3.20. The van der Waals surface area contributed by atoms with Crippen LogP contribution in [0, 0.1) is 0 Å². The third-order valence-corrected chi connectivity index (χ3v) is 6.47. The molecule has 0 unspecified atom stereocenters. The number of carbonyl (C=O) groups excluding carboxylic acids is 2. The molecule has 0 radical (unpaired) electrons. The topological polar surface area (TPSA) is 117 Å². The lowest BCUT2D eigenvalue weighted by atomic mass is 10.1. The van der Waals surface area contributed by atoms with Gasteiger partial charge in [-0.2, -0.15) is 0 Å². The second kappa shape index (κ2) is 10.3. The van der Waals surface area contributed by atoms with Crippen LogP contribution in [0.3, 0.4) is 0 Å². The van der Waals surface area contributed by atoms with Gasteiger partial charge >= 0.3 is 0 Å². The Morgan fingerprint density at radius 2 is 1.68 bits per heavy atom. The van der Waals surface area contributed by atoms with Crippen molar-refractivity contribution in [1.82, 2.24) is 15.0 Å². The van der Waals surface area contributed by atoms with Gasteiger partial charge in [-0.25, -0.2) is 18.1 Å². The highest BCUT2D eigenvalue weighted by Gasteiger charge is 2.12. The van der Waals surface area contributed by atoms with E-state index in [1.165, 1.54) is 18.4 Å². The van der Waals surface area contributed by atoms with Crippen LogP contribution in [0.25, 0.3) is 0 Å². The Balaban J connectivity index is 1.47. The van der Waals surface area contributed by atoms with Gasteiger partial charge in [-0.3, -0.25) is 14.9 Å². The molecule has 0 spiro atoms. The summed E-state index contributed by atoms with van der Waals surface area (Å²) in [5, 5.41) is 7.70. The first-order valence-electron chi connectivity index (χ1n) is 9.41. The second-order valence-electron chi connectivity index (χ2n) is 6.70. The number of aromatic nitrogens is 1. The molecule has 0 fully saturated rings. The third kappa shape index (κ3) is 6.99. The summed E-state index contributed by atoms with van der Waals surface area (Å²) >= 11 is 1.26. The Bertz CT molecular complexity index is 1140. The molecule has 3 rings (SSSR count). The number of amides is 2. The SMILES string of the molecule is CNS(=O)(=O)Cc1ccc(CNC(=O)Cc2csc(NC(=O)c3ccccc3)n2)cc1. The molecule has 0 atom stereocenters. The minimum Gasteiger partial charge on any atom is -0.352 e. The molecule has 0 aliphatic heterocycles. The number of sulfonamides is 1. The molecule has 2 aromatic carbocycles. The van der Waals surface area contributed by atoms with Gasteiger partial charge in [-0.05, 0) is 30.3 Å². The number of hydrogen-bond acceptors (Lipinski definition) is 6. The number of benzene rings is 2. The summed E-state index contributed by atoms with van der Waals surface area (Å²) in [6.07, 6.45) is 0.0935. The first-order valence-corrected chi connectivity index (χ1v) is 11.9. The maximum absolute atomic E-state index is 12.2. The predicted octanol–water partition coefficient (Wildman–Crippen LogP) is 2.30. The van der Waals surface area contributed by atoms with E-state index in [1.54, 1.807) is 53.9 Å². The normalized spacial score (nSPS) is 11.1.